The van der Waals surface area contributed by atoms with Crippen LogP contribution in [0, 0.1) is 12.3 Å². The van der Waals surface area contributed by atoms with Crippen LogP contribution in [0.2, 0.25) is 0 Å². The Morgan fingerprint density at radius 3 is 2.61 bits per heavy atom. The van der Waals surface area contributed by atoms with Gasteiger partial charge in [-0.1, -0.05) is 32.4 Å². The standard InChI is InChI=1S/C16H22O2/c1-11-5-6-14-12(9-11)10-15(18-14)13(17)7-8-16(2,3)4/h5-6,9-10,13,17H,7-8H2,1-4H3. The number of aliphatic hydroxyl groups is 1. The van der Waals surface area contributed by atoms with Crippen LogP contribution < -0.4 is 0 Å². The second-order valence-electron chi connectivity index (χ2n) is 6.31. The van der Waals surface area contributed by atoms with Crippen LogP contribution in [0.3, 0.4) is 0 Å². The lowest BCUT2D eigenvalue weighted by atomic mass is 9.89. The van der Waals surface area contributed by atoms with Gasteiger partial charge in [-0.15, -0.1) is 0 Å². The minimum atomic E-state index is -0.503. The number of benzene rings is 1. The molecule has 0 aliphatic heterocycles. The highest BCUT2D eigenvalue weighted by Crippen LogP contribution is 2.30. The zero-order valence-corrected chi connectivity index (χ0v) is 11.7. The van der Waals surface area contributed by atoms with Crippen LogP contribution in [-0.2, 0) is 0 Å². The van der Waals surface area contributed by atoms with Gasteiger partial charge >= 0.3 is 0 Å². The molecule has 2 nitrogen and oxygen atoms in total. The lowest BCUT2D eigenvalue weighted by molar-refractivity contribution is 0.126. The Kier molecular flexibility index (Phi) is 3.49. The van der Waals surface area contributed by atoms with Gasteiger partial charge in [0.15, 0.2) is 0 Å². The number of aryl methyl sites for hydroxylation is 1. The lowest BCUT2D eigenvalue weighted by Gasteiger charge is -2.19. The molecule has 2 heteroatoms. The Morgan fingerprint density at radius 1 is 1.22 bits per heavy atom. The Labute approximate surface area is 109 Å². The normalized spacial score (nSPS) is 14.1. The molecule has 1 N–H and O–H groups in total. The Bertz CT molecular complexity index is 532. The molecule has 0 bridgehead atoms. The van der Waals surface area contributed by atoms with Gasteiger partial charge < -0.3 is 9.52 Å². The maximum absolute atomic E-state index is 10.2. The van der Waals surface area contributed by atoms with Crippen molar-refractivity contribution in [3.05, 3.63) is 35.6 Å². The summed E-state index contributed by atoms with van der Waals surface area (Å²) in [5.74, 6) is 0.680. The van der Waals surface area contributed by atoms with Gasteiger partial charge in [0.25, 0.3) is 0 Å². The molecule has 98 valence electrons. The van der Waals surface area contributed by atoms with Gasteiger partial charge in [-0.25, -0.2) is 0 Å². The molecule has 1 aromatic carbocycles. The van der Waals surface area contributed by atoms with Crippen molar-refractivity contribution in [2.24, 2.45) is 5.41 Å². The molecule has 0 saturated carbocycles. The number of fused-ring (bicyclic) bond motifs is 1. The van der Waals surface area contributed by atoms with Crippen LogP contribution in [0.1, 0.15) is 51.0 Å². The third-order valence-corrected chi connectivity index (χ3v) is 3.19. The third-order valence-electron chi connectivity index (χ3n) is 3.19. The van der Waals surface area contributed by atoms with E-state index in [1.807, 2.05) is 18.2 Å². The van der Waals surface area contributed by atoms with E-state index in [1.54, 1.807) is 0 Å². The molecule has 0 spiro atoms. The molecule has 1 heterocycles. The average Bonchev–Trinajstić information content (AvgIpc) is 2.67. The van der Waals surface area contributed by atoms with E-state index in [4.69, 9.17) is 4.42 Å². The van der Waals surface area contributed by atoms with Crippen LogP contribution in [0.15, 0.2) is 28.7 Å². The third kappa shape index (κ3) is 3.14. The monoisotopic (exact) mass is 246 g/mol. The predicted octanol–water partition coefficient (Wildman–Crippen LogP) is 4.60. The Balaban J connectivity index is 2.15. The van der Waals surface area contributed by atoms with Gasteiger partial charge in [0, 0.05) is 5.39 Å². The van der Waals surface area contributed by atoms with E-state index < -0.39 is 6.10 Å². The molecule has 0 amide bonds. The number of hydrogen-bond acceptors (Lipinski definition) is 2. The average molecular weight is 246 g/mol. The summed E-state index contributed by atoms with van der Waals surface area (Å²) >= 11 is 0. The summed E-state index contributed by atoms with van der Waals surface area (Å²) in [4.78, 5) is 0. The minimum Gasteiger partial charge on any atom is -0.458 e. The summed E-state index contributed by atoms with van der Waals surface area (Å²) in [6.07, 6.45) is 1.21. The number of aliphatic hydroxyl groups excluding tert-OH is 1. The largest absolute Gasteiger partial charge is 0.458 e. The van der Waals surface area contributed by atoms with Gasteiger partial charge in [0.2, 0.25) is 0 Å². The molecular formula is C16H22O2. The quantitative estimate of drug-likeness (QED) is 0.858. The summed E-state index contributed by atoms with van der Waals surface area (Å²) in [7, 11) is 0. The van der Waals surface area contributed by atoms with Gasteiger partial charge in [0.05, 0.1) is 0 Å². The first-order valence-electron chi connectivity index (χ1n) is 6.53. The first kappa shape index (κ1) is 13.2. The molecule has 1 atom stereocenters. The maximum atomic E-state index is 10.2. The summed E-state index contributed by atoms with van der Waals surface area (Å²) in [6.45, 7) is 8.60. The van der Waals surface area contributed by atoms with E-state index in [0.29, 0.717) is 5.76 Å². The number of furan rings is 1. The van der Waals surface area contributed by atoms with Crippen LogP contribution >= 0.6 is 0 Å². The minimum absolute atomic E-state index is 0.240. The van der Waals surface area contributed by atoms with E-state index in [0.717, 1.165) is 23.8 Å². The molecular weight excluding hydrogens is 224 g/mol. The fourth-order valence-corrected chi connectivity index (χ4v) is 2.06. The summed E-state index contributed by atoms with van der Waals surface area (Å²) < 4.78 is 5.70. The van der Waals surface area contributed by atoms with Crippen molar-refractivity contribution < 1.29 is 9.52 Å². The molecule has 0 saturated heterocycles. The van der Waals surface area contributed by atoms with Gasteiger partial charge in [-0.05, 0) is 43.4 Å². The first-order chi connectivity index (χ1) is 8.35. The smallest absolute Gasteiger partial charge is 0.134 e. The Hall–Kier alpha value is -1.28. The van der Waals surface area contributed by atoms with Crippen LogP contribution in [-0.4, -0.2) is 5.11 Å². The van der Waals surface area contributed by atoms with E-state index in [1.165, 1.54) is 5.56 Å². The van der Waals surface area contributed by atoms with Crippen LogP contribution in [0.25, 0.3) is 11.0 Å². The fourth-order valence-electron chi connectivity index (χ4n) is 2.06. The van der Waals surface area contributed by atoms with Crippen molar-refractivity contribution in [3.8, 4) is 0 Å². The molecule has 18 heavy (non-hydrogen) atoms. The highest BCUT2D eigenvalue weighted by atomic mass is 16.4. The van der Waals surface area contributed by atoms with Crippen molar-refractivity contribution in [1.82, 2.24) is 0 Å². The molecule has 0 aliphatic carbocycles. The zero-order valence-electron chi connectivity index (χ0n) is 11.7. The van der Waals surface area contributed by atoms with Crippen molar-refractivity contribution in [3.63, 3.8) is 0 Å². The molecule has 0 fully saturated rings. The first-order valence-corrected chi connectivity index (χ1v) is 6.53. The molecule has 0 radical (unpaired) electrons. The molecule has 2 rings (SSSR count). The second kappa shape index (κ2) is 4.77. The molecule has 1 unspecified atom stereocenters. The lowest BCUT2D eigenvalue weighted by Crippen LogP contribution is -2.07. The van der Waals surface area contributed by atoms with E-state index in [9.17, 15) is 5.11 Å². The fraction of sp³-hybridized carbons (Fsp3) is 0.500. The number of hydrogen-bond donors (Lipinski definition) is 1. The van der Waals surface area contributed by atoms with Crippen molar-refractivity contribution in [1.29, 1.82) is 0 Å². The zero-order chi connectivity index (χ0) is 13.3. The van der Waals surface area contributed by atoms with Crippen molar-refractivity contribution >= 4 is 11.0 Å². The summed E-state index contributed by atoms with van der Waals surface area (Å²) in [5, 5.41) is 11.2. The van der Waals surface area contributed by atoms with E-state index in [-0.39, 0.29) is 5.41 Å². The van der Waals surface area contributed by atoms with Crippen LogP contribution in [0.4, 0.5) is 0 Å². The highest BCUT2D eigenvalue weighted by Gasteiger charge is 2.17. The Morgan fingerprint density at radius 2 is 1.94 bits per heavy atom. The molecule has 2 aromatic rings. The SMILES string of the molecule is Cc1ccc2oc(C(O)CCC(C)(C)C)cc2c1. The molecule has 0 aliphatic rings. The second-order valence-corrected chi connectivity index (χ2v) is 6.31. The summed E-state index contributed by atoms with van der Waals surface area (Å²) in [5.41, 5.74) is 2.30. The van der Waals surface area contributed by atoms with E-state index >= 15 is 0 Å². The van der Waals surface area contributed by atoms with Crippen molar-refractivity contribution in [2.45, 2.75) is 46.6 Å². The van der Waals surface area contributed by atoms with Gasteiger partial charge in [-0.2, -0.15) is 0 Å². The van der Waals surface area contributed by atoms with Crippen molar-refractivity contribution in [2.75, 3.05) is 0 Å². The highest BCUT2D eigenvalue weighted by molar-refractivity contribution is 5.78. The van der Waals surface area contributed by atoms with Gasteiger partial charge in [0.1, 0.15) is 17.4 Å². The topological polar surface area (TPSA) is 33.4 Å². The van der Waals surface area contributed by atoms with Crippen LogP contribution in [0.5, 0.6) is 0 Å². The van der Waals surface area contributed by atoms with Gasteiger partial charge in [-0.3, -0.25) is 0 Å². The summed E-state index contributed by atoms with van der Waals surface area (Å²) in [6, 6.07) is 8.02. The van der Waals surface area contributed by atoms with E-state index in [2.05, 4.69) is 33.8 Å². The maximum Gasteiger partial charge on any atom is 0.134 e. The number of rotatable bonds is 3. The predicted molar refractivity (Wildman–Crippen MR) is 74.6 cm³/mol. The molecule has 1 aromatic heterocycles.